The molecule has 0 spiro atoms. The van der Waals surface area contributed by atoms with Crippen LogP contribution in [0.4, 0.5) is 0 Å². The first kappa shape index (κ1) is 58.6. The minimum Gasteiger partial charge on any atom is -0.309 e. The van der Waals surface area contributed by atoms with Gasteiger partial charge in [-0.2, -0.15) is 0 Å². The summed E-state index contributed by atoms with van der Waals surface area (Å²) >= 11 is 0. The number of para-hydroxylation sites is 5. The first-order valence-corrected chi connectivity index (χ1v) is 36.2. The van der Waals surface area contributed by atoms with Crippen LogP contribution in [0.15, 0.2) is 328 Å². The molecule has 2 aliphatic rings. The van der Waals surface area contributed by atoms with Gasteiger partial charge in [0, 0.05) is 93.2 Å². The van der Waals surface area contributed by atoms with E-state index in [0.29, 0.717) is 5.82 Å². The Bertz CT molecular complexity index is 7090. The number of benzene rings is 15. The molecule has 0 amide bonds. The van der Waals surface area contributed by atoms with Crippen LogP contribution in [0.1, 0.15) is 49.9 Å². The Labute approximate surface area is 600 Å². The van der Waals surface area contributed by atoms with Gasteiger partial charge in [-0.05, 0) is 206 Å². The van der Waals surface area contributed by atoms with Gasteiger partial charge in [-0.1, -0.05) is 216 Å². The van der Waals surface area contributed by atoms with Crippen LogP contribution in [-0.4, -0.2) is 28.2 Å². The van der Waals surface area contributed by atoms with Crippen LogP contribution < -0.4 is 0 Å². The largest absolute Gasteiger partial charge is 0.309 e. The molecule has 0 fully saturated rings. The molecule has 0 unspecified atom stereocenters. The fraction of sp³-hybridized carbons (Fsp3) is 0.0612. The SMILES string of the molecule is CC1(C)c2ccccc2-c2ccc(-n3c4ccccc4c4cc(-c5ccc6c(c5)c5ccccc5n6-c5ccc(-c6nc(-c7ccc(-n8c9ccccc9c9cc(-c%10ccc%11c(c%10)c%10ccccc%10n%11-c%10ccc%11c(c%10)C(C)(C)c%10ccccc%10-%11)ccc98)cc7)c7ccccc7n6)cc5)ccc43)cc21. The second-order valence-electron chi connectivity index (χ2n) is 29.6. The van der Waals surface area contributed by atoms with Gasteiger partial charge in [0.2, 0.25) is 0 Å². The summed E-state index contributed by atoms with van der Waals surface area (Å²) in [6.07, 6.45) is 0. The zero-order valence-electron chi connectivity index (χ0n) is 57.9. The third-order valence-corrected chi connectivity index (χ3v) is 23.4. The van der Waals surface area contributed by atoms with E-state index in [9.17, 15) is 0 Å². The molecule has 488 valence electrons. The molecule has 6 heteroatoms. The lowest BCUT2D eigenvalue weighted by molar-refractivity contribution is 0.660. The van der Waals surface area contributed by atoms with Gasteiger partial charge in [0.05, 0.1) is 55.3 Å². The Kier molecular flexibility index (Phi) is 12.2. The van der Waals surface area contributed by atoms with Gasteiger partial charge in [-0.15, -0.1) is 0 Å². The lowest BCUT2D eigenvalue weighted by Crippen LogP contribution is -2.15. The fourth-order valence-corrected chi connectivity index (χ4v) is 18.3. The molecule has 104 heavy (non-hydrogen) atoms. The molecule has 15 aromatic carbocycles. The van der Waals surface area contributed by atoms with Crippen LogP contribution in [-0.2, 0) is 10.8 Å². The third-order valence-electron chi connectivity index (χ3n) is 23.4. The summed E-state index contributed by atoms with van der Waals surface area (Å²) in [5.74, 6) is 0.682. The van der Waals surface area contributed by atoms with Crippen molar-refractivity contribution in [1.82, 2.24) is 28.2 Å². The van der Waals surface area contributed by atoms with Crippen molar-refractivity contribution in [2.24, 2.45) is 0 Å². The lowest BCUT2D eigenvalue weighted by Gasteiger charge is -2.22. The summed E-state index contributed by atoms with van der Waals surface area (Å²) < 4.78 is 9.71. The van der Waals surface area contributed by atoms with Gasteiger partial charge in [0.1, 0.15) is 0 Å². The van der Waals surface area contributed by atoms with Crippen molar-refractivity contribution >= 4 is 98.1 Å². The summed E-state index contributed by atoms with van der Waals surface area (Å²) in [5, 5.41) is 10.8. The molecule has 0 saturated heterocycles. The molecule has 5 aromatic heterocycles. The molecular formula is C98H66N6. The number of rotatable bonds is 8. The highest BCUT2D eigenvalue weighted by molar-refractivity contribution is 6.15. The van der Waals surface area contributed by atoms with Crippen molar-refractivity contribution in [3.8, 4) is 89.9 Å². The predicted molar refractivity (Wildman–Crippen MR) is 434 cm³/mol. The van der Waals surface area contributed by atoms with E-state index >= 15 is 0 Å². The average Bonchev–Trinajstić information content (AvgIpc) is 1.59. The molecule has 0 N–H and O–H groups in total. The maximum atomic E-state index is 5.43. The van der Waals surface area contributed by atoms with Crippen LogP contribution >= 0.6 is 0 Å². The Hall–Kier alpha value is -13.2. The van der Waals surface area contributed by atoms with Crippen molar-refractivity contribution in [3.05, 3.63) is 350 Å². The number of nitrogens with zero attached hydrogens (tertiary/aromatic N) is 6. The third kappa shape index (κ3) is 8.39. The van der Waals surface area contributed by atoms with E-state index in [0.717, 1.165) is 61.2 Å². The monoisotopic (exact) mass is 1330 g/mol. The fourth-order valence-electron chi connectivity index (χ4n) is 18.3. The molecule has 0 atom stereocenters. The highest BCUT2D eigenvalue weighted by Gasteiger charge is 2.37. The lowest BCUT2D eigenvalue weighted by atomic mass is 9.82. The second-order valence-corrected chi connectivity index (χ2v) is 29.6. The van der Waals surface area contributed by atoms with Crippen LogP contribution in [0, 0.1) is 0 Å². The van der Waals surface area contributed by atoms with Gasteiger partial charge in [0.25, 0.3) is 0 Å². The molecule has 0 aliphatic heterocycles. The normalized spacial score (nSPS) is 13.5. The van der Waals surface area contributed by atoms with E-state index < -0.39 is 0 Å². The van der Waals surface area contributed by atoms with E-state index in [1.165, 1.54) is 143 Å². The zero-order chi connectivity index (χ0) is 68.8. The van der Waals surface area contributed by atoms with E-state index in [4.69, 9.17) is 9.97 Å². The van der Waals surface area contributed by atoms with Gasteiger partial charge < -0.3 is 18.3 Å². The van der Waals surface area contributed by atoms with Crippen LogP contribution in [0.2, 0.25) is 0 Å². The Morgan fingerprint density at radius 2 is 0.510 bits per heavy atom. The molecule has 0 bridgehead atoms. The molecular weight excluding hydrogens is 1260 g/mol. The quantitative estimate of drug-likeness (QED) is 0.152. The highest BCUT2D eigenvalue weighted by atomic mass is 15.0. The van der Waals surface area contributed by atoms with Crippen LogP contribution in [0.25, 0.3) is 188 Å². The number of fused-ring (bicyclic) bond motifs is 19. The molecule has 22 rings (SSSR count). The van der Waals surface area contributed by atoms with E-state index in [1.54, 1.807) is 0 Å². The number of hydrogen-bond donors (Lipinski definition) is 0. The molecule has 0 saturated carbocycles. The summed E-state index contributed by atoms with van der Waals surface area (Å²) in [6.45, 7) is 9.44. The Balaban J connectivity index is 0.574. The number of hydrogen-bond acceptors (Lipinski definition) is 2. The summed E-state index contributed by atoms with van der Waals surface area (Å²) in [5.41, 5.74) is 33.1. The van der Waals surface area contributed by atoms with Crippen LogP contribution in [0.3, 0.4) is 0 Å². The summed E-state index contributed by atoms with van der Waals surface area (Å²) in [4.78, 5) is 10.7. The minimum atomic E-state index is -0.0925. The van der Waals surface area contributed by atoms with Crippen LogP contribution in [0.5, 0.6) is 0 Å². The first-order chi connectivity index (χ1) is 51.1. The molecule has 2 aliphatic carbocycles. The van der Waals surface area contributed by atoms with Crippen molar-refractivity contribution in [3.63, 3.8) is 0 Å². The molecule has 5 heterocycles. The van der Waals surface area contributed by atoms with Crippen molar-refractivity contribution in [1.29, 1.82) is 0 Å². The molecule has 6 nitrogen and oxygen atoms in total. The summed E-state index contributed by atoms with van der Waals surface area (Å²) in [6, 6.07) is 121. The van der Waals surface area contributed by atoms with E-state index in [2.05, 4.69) is 374 Å². The van der Waals surface area contributed by atoms with Crippen molar-refractivity contribution in [2.45, 2.75) is 38.5 Å². The van der Waals surface area contributed by atoms with Crippen molar-refractivity contribution in [2.75, 3.05) is 0 Å². The van der Waals surface area contributed by atoms with E-state index in [-0.39, 0.29) is 10.8 Å². The van der Waals surface area contributed by atoms with Crippen molar-refractivity contribution < 1.29 is 0 Å². The van der Waals surface area contributed by atoms with Gasteiger partial charge in [-0.25, -0.2) is 9.97 Å². The zero-order valence-corrected chi connectivity index (χ0v) is 57.9. The van der Waals surface area contributed by atoms with Gasteiger partial charge >= 0.3 is 0 Å². The maximum absolute atomic E-state index is 5.43. The predicted octanol–water partition coefficient (Wildman–Crippen LogP) is 25.3. The van der Waals surface area contributed by atoms with Gasteiger partial charge in [0.15, 0.2) is 5.82 Å². The number of aromatic nitrogens is 6. The van der Waals surface area contributed by atoms with E-state index in [1.807, 2.05) is 0 Å². The Morgan fingerprint density at radius 1 is 0.212 bits per heavy atom. The van der Waals surface area contributed by atoms with Gasteiger partial charge in [-0.3, -0.25) is 0 Å². The standard InChI is InChI=1S/C98H66N6/c1-97(2)82-26-12-5-19-69(82)71-47-45-67(57-84(71)97)103-89-31-17-10-23-75(89)80-55-63(39-51-93(80)103)61-37-49-91-78(53-61)73-21-8-15-29-87(73)101(91)65-41-33-59(34-42-65)95-77-25-7-14-28-86(77)99-96(100-95)60-35-43-66(44-36-60)102-88-30-16-9-22-74(88)79-54-62(38-50-92(79)102)64-40-52-94-81(56-64)76-24-11-18-32-90(76)104(94)68-46-48-72-70-20-6-13-27-83(70)98(3,4)85(72)58-68/h5-58H,1-4H3. The second kappa shape index (κ2) is 21.7. The minimum absolute atomic E-state index is 0.0925. The Morgan fingerprint density at radius 3 is 0.913 bits per heavy atom. The first-order valence-electron chi connectivity index (χ1n) is 36.2. The summed E-state index contributed by atoms with van der Waals surface area (Å²) in [7, 11) is 0. The smallest absolute Gasteiger partial charge is 0.160 e. The maximum Gasteiger partial charge on any atom is 0.160 e. The molecule has 0 radical (unpaired) electrons. The molecule has 20 aromatic rings. The average molecular weight is 1330 g/mol. The topological polar surface area (TPSA) is 45.5 Å². The highest BCUT2D eigenvalue weighted by Crippen LogP contribution is 2.52.